The minimum atomic E-state index is 0.128. The summed E-state index contributed by atoms with van der Waals surface area (Å²) in [5, 5.41) is 11.7. The topological polar surface area (TPSA) is 41.5 Å². The summed E-state index contributed by atoms with van der Waals surface area (Å²) < 4.78 is 5.35. The highest BCUT2D eigenvalue weighted by molar-refractivity contribution is 4.78. The average molecular weight is 145 g/mol. The molecule has 1 saturated heterocycles. The van der Waals surface area contributed by atoms with E-state index >= 15 is 0 Å². The van der Waals surface area contributed by atoms with E-state index < -0.39 is 0 Å². The van der Waals surface area contributed by atoms with Gasteiger partial charge >= 0.3 is 0 Å². The minimum absolute atomic E-state index is 0.128. The molecule has 0 aromatic rings. The fourth-order valence-corrected chi connectivity index (χ4v) is 1.21. The van der Waals surface area contributed by atoms with Gasteiger partial charge in [-0.05, 0) is 5.92 Å². The van der Waals surface area contributed by atoms with Crippen molar-refractivity contribution in [3.8, 4) is 0 Å². The molecule has 0 aromatic heterocycles. The van der Waals surface area contributed by atoms with E-state index in [-0.39, 0.29) is 6.61 Å². The second-order valence-electron chi connectivity index (χ2n) is 2.77. The van der Waals surface area contributed by atoms with E-state index in [0.29, 0.717) is 18.6 Å². The van der Waals surface area contributed by atoms with Gasteiger partial charge in [-0.1, -0.05) is 6.92 Å². The number of aliphatic hydroxyl groups is 1. The number of nitrogens with one attached hydrogen (secondary N) is 1. The number of hydrogen-bond acceptors (Lipinski definition) is 3. The molecule has 0 aromatic carbocycles. The molecule has 0 spiro atoms. The van der Waals surface area contributed by atoms with Gasteiger partial charge in [-0.3, -0.25) is 0 Å². The van der Waals surface area contributed by atoms with E-state index in [1.165, 1.54) is 0 Å². The maximum absolute atomic E-state index is 8.47. The molecular formula is C7H15NO2. The fraction of sp³-hybridized carbons (Fsp3) is 1.00. The van der Waals surface area contributed by atoms with E-state index in [0.717, 1.165) is 13.1 Å². The van der Waals surface area contributed by atoms with Crippen LogP contribution in [0.15, 0.2) is 0 Å². The third kappa shape index (κ3) is 1.94. The van der Waals surface area contributed by atoms with Crippen LogP contribution in [0.2, 0.25) is 0 Å². The lowest BCUT2D eigenvalue weighted by Gasteiger charge is -2.13. The number of rotatable bonds is 3. The second kappa shape index (κ2) is 3.91. The predicted molar refractivity (Wildman–Crippen MR) is 38.9 cm³/mol. The summed E-state index contributed by atoms with van der Waals surface area (Å²) >= 11 is 0. The zero-order chi connectivity index (χ0) is 7.40. The van der Waals surface area contributed by atoms with Crippen molar-refractivity contribution < 1.29 is 9.84 Å². The van der Waals surface area contributed by atoms with Gasteiger partial charge in [0.1, 0.15) is 0 Å². The van der Waals surface area contributed by atoms with Crippen molar-refractivity contribution in [2.75, 3.05) is 26.3 Å². The zero-order valence-electron chi connectivity index (χ0n) is 6.34. The van der Waals surface area contributed by atoms with Crippen LogP contribution < -0.4 is 5.32 Å². The van der Waals surface area contributed by atoms with E-state index in [4.69, 9.17) is 9.84 Å². The largest absolute Gasteiger partial charge is 0.394 e. The Morgan fingerprint density at radius 1 is 1.60 bits per heavy atom. The molecule has 0 bridgehead atoms. The molecule has 2 N–H and O–H groups in total. The Labute approximate surface area is 61.4 Å². The van der Waals surface area contributed by atoms with Crippen molar-refractivity contribution in [3.63, 3.8) is 0 Å². The summed E-state index contributed by atoms with van der Waals surface area (Å²) in [7, 11) is 0. The van der Waals surface area contributed by atoms with Crippen LogP contribution in [-0.4, -0.2) is 37.5 Å². The molecule has 1 heterocycles. The van der Waals surface area contributed by atoms with Crippen LogP contribution in [0.1, 0.15) is 6.92 Å². The average Bonchev–Trinajstić information content (AvgIpc) is 2.31. The summed E-state index contributed by atoms with van der Waals surface area (Å²) in [5.41, 5.74) is 0. The lowest BCUT2D eigenvalue weighted by atomic mass is 10.1. The van der Waals surface area contributed by atoms with Crippen molar-refractivity contribution in [2.24, 2.45) is 5.92 Å². The fourth-order valence-electron chi connectivity index (χ4n) is 1.21. The maximum Gasteiger partial charge on any atom is 0.0738 e. The van der Waals surface area contributed by atoms with Crippen molar-refractivity contribution in [3.05, 3.63) is 0 Å². The highest BCUT2D eigenvalue weighted by Crippen LogP contribution is 2.10. The lowest BCUT2D eigenvalue weighted by Crippen LogP contribution is -2.22. The number of aliphatic hydroxyl groups excluding tert-OH is 1. The Morgan fingerprint density at radius 2 is 2.40 bits per heavy atom. The number of hydrogen-bond donors (Lipinski definition) is 2. The molecule has 60 valence electrons. The Morgan fingerprint density at radius 3 is 2.90 bits per heavy atom. The van der Waals surface area contributed by atoms with E-state index in [1.807, 2.05) is 0 Å². The Bertz CT molecular complexity index is 97.6. The first kappa shape index (κ1) is 7.98. The van der Waals surface area contributed by atoms with Crippen LogP contribution in [0.5, 0.6) is 0 Å². The lowest BCUT2D eigenvalue weighted by molar-refractivity contribution is 0.0203. The zero-order valence-corrected chi connectivity index (χ0v) is 6.34. The predicted octanol–water partition coefficient (Wildman–Crippen LogP) is -0.397. The third-order valence-corrected chi connectivity index (χ3v) is 1.87. The van der Waals surface area contributed by atoms with Crippen LogP contribution in [-0.2, 0) is 4.74 Å². The summed E-state index contributed by atoms with van der Waals surface area (Å²) in [6.45, 7) is 4.72. The molecule has 0 saturated carbocycles. The summed E-state index contributed by atoms with van der Waals surface area (Å²) in [4.78, 5) is 0. The van der Waals surface area contributed by atoms with Gasteiger partial charge in [-0.2, -0.15) is 0 Å². The van der Waals surface area contributed by atoms with Crippen molar-refractivity contribution in [1.29, 1.82) is 0 Å². The van der Waals surface area contributed by atoms with E-state index in [2.05, 4.69) is 12.2 Å². The van der Waals surface area contributed by atoms with Gasteiger partial charge in [0.05, 0.1) is 19.3 Å². The minimum Gasteiger partial charge on any atom is -0.394 e. The molecule has 1 aliphatic rings. The summed E-state index contributed by atoms with van der Waals surface area (Å²) in [6, 6.07) is 0. The van der Waals surface area contributed by atoms with Gasteiger partial charge in [0.15, 0.2) is 0 Å². The van der Waals surface area contributed by atoms with Crippen LogP contribution >= 0.6 is 0 Å². The molecule has 1 fully saturated rings. The van der Waals surface area contributed by atoms with Gasteiger partial charge in [0, 0.05) is 13.1 Å². The monoisotopic (exact) mass is 145 g/mol. The van der Waals surface area contributed by atoms with Crippen molar-refractivity contribution in [2.45, 2.75) is 13.0 Å². The molecule has 0 aliphatic carbocycles. The molecule has 3 nitrogen and oxygen atoms in total. The molecular weight excluding hydrogens is 130 g/mol. The van der Waals surface area contributed by atoms with Crippen LogP contribution in [0.3, 0.4) is 0 Å². The van der Waals surface area contributed by atoms with Gasteiger partial charge in [0.2, 0.25) is 0 Å². The van der Waals surface area contributed by atoms with Gasteiger partial charge in [-0.15, -0.1) is 0 Å². The molecule has 1 rings (SSSR count). The highest BCUT2D eigenvalue weighted by atomic mass is 16.5. The Kier molecular flexibility index (Phi) is 3.12. The van der Waals surface area contributed by atoms with Gasteiger partial charge in [0.25, 0.3) is 0 Å². The first-order valence-electron chi connectivity index (χ1n) is 3.77. The quantitative estimate of drug-likeness (QED) is 0.568. The highest BCUT2D eigenvalue weighted by Gasteiger charge is 2.22. The van der Waals surface area contributed by atoms with Crippen LogP contribution in [0.4, 0.5) is 0 Å². The maximum atomic E-state index is 8.47. The van der Waals surface area contributed by atoms with E-state index in [9.17, 15) is 0 Å². The Hall–Kier alpha value is -0.120. The molecule has 0 radical (unpaired) electrons. The third-order valence-electron chi connectivity index (χ3n) is 1.87. The summed E-state index contributed by atoms with van der Waals surface area (Å²) in [5.74, 6) is 0.589. The van der Waals surface area contributed by atoms with Crippen molar-refractivity contribution >= 4 is 0 Å². The second-order valence-corrected chi connectivity index (χ2v) is 2.77. The Balaban J connectivity index is 2.14. The van der Waals surface area contributed by atoms with E-state index in [1.54, 1.807) is 0 Å². The molecule has 0 unspecified atom stereocenters. The molecule has 10 heavy (non-hydrogen) atoms. The smallest absolute Gasteiger partial charge is 0.0738 e. The standard InChI is InChI=1S/C7H15NO2/c1-6-4-8-5-7(6)10-3-2-9/h6-9H,2-5H2,1H3/t6-,7+/m0/s1. The first-order valence-corrected chi connectivity index (χ1v) is 3.77. The number of ether oxygens (including phenoxy) is 1. The SMILES string of the molecule is C[C@H]1CNC[C@H]1OCCO. The first-order chi connectivity index (χ1) is 4.84. The van der Waals surface area contributed by atoms with Crippen molar-refractivity contribution in [1.82, 2.24) is 5.32 Å². The molecule has 1 aliphatic heterocycles. The van der Waals surface area contributed by atoms with Gasteiger partial charge < -0.3 is 15.2 Å². The molecule has 2 atom stereocenters. The van der Waals surface area contributed by atoms with Crippen LogP contribution in [0, 0.1) is 5.92 Å². The van der Waals surface area contributed by atoms with Crippen LogP contribution in [0.25, 0.3) is 0 Å². The molecule has 0 amide bonds. The van der Waals surface area contributed by atoms with Gasteiger partial charge in [-0.25, -0.2) is 0 Å². The normalized spacial score (nSPS) is 33.0. The molecule has 3 heteroatoms. The summed E-state index contributed by atoms with van der Waals surface area (Å²) in [6.07, 6.45) is 0.312.